The van der Waals surface area contributed by atoms with E-state index in [4.69, 9.17) is 4.74 Å². The molecule has 0 heterocycles. The van der Waals surface area contributed by atoms with Gasteiger partial charge in [0, 0.05) is 36.5 Å². The first-order chi connectivity index (χ1) is 13.5. The van der Waals surface area contributed by atoms with Crippen molar-refractivity contribution in [2.45, 2.75) is 39.8 Å². The fourth-order valence-electron chi connectivity index (χ4n) is 2.69. The average molecular weight is 399 g/mol. The monoisotopic (exact) mass is 399 g/mol. The van der Waals surface area contributed by atoms with E-state index in [0.29, 0.717) is 17.8 Å². The lowest BCUT2D eigenvalue weighted by Gasteiger charge is -2.24. The molecule has 0 fully saturated rings. The summed E-state index contributed by atoms with van der Waals surface area (Å²) >= 11 is 0. The maximum absolute atomic E-state index is 12.6. The van der Waals surface area contributed by atoms with Crippen LogP contribution < -0.4 is 5.32 Å². The largest absolute Gasteiger partial charge is 0.444 e. The van der Waals surface area contributed by atoms with E-state index < -0.39 is 22.5 Å². The molecular weight excluding hydrogens is 374 g/mol. The van der Waals surface area contributed by atoms with Crippen molar-refractivity contribution in [2.24, 2.45) is 0 Å². The first-order valence-corrected chi connectivity index (χ1v) is 9.06. The van der Waals surface area contributed by atoms with Crippen molar-refractivity contribution in [3.05, 3.63) is 69.3 Å². The van der Waals surface area contributed by atoms with E-state index in [1.807, 2.05) is 6.07 Å². The molecule has 154 valence electrons. The summed E-state index contributed by atoms with van der Waals surface area (Å²) in [6, 6.07) is 11.4. The summed E-state index contributed by atoms with van der Waals surface area (Å²) < 4.78 is 5.33. The zero-order valence-corrected chi connectivity index (χ0v) is 17.2. The molecule has 0 saturated carbocycles. The third-order valence-electron chi connectivity index (χ3n) is 4.06. The zero-order valence-electron chi connectivity index (χ0n) is 17.2. The second-order valence-corrected chi connectivity index (χ2v) is 7.70. The molecule has 8 nitrogen and oxygen atoms in total. The number of nitro benzene ring substituents is 1. The molecule has 2 amide bonds. The molecule has 0 aromatic heterocycles. The Morgan fingerprint density at radius 2 is 1.83 bits per heavy atom. The van der Waals surface area contributed by atoms with Gasteiger partial charge in [0.1, 0.15) is 5.60 Å². The first-order valence-electron chi connectivity index (χ1n) is 9.06. The van der Waals surface area contributed by atoms with Crippen molar-refractivity contribution >= 4 is 23.4 Å². The molecule has 0 spiro atoms. The minimum atomic E-state index is -0.586. The lowest BCUT2D eigenvalue weighted by molar-refractivity contribution is -0.385. The molecular formula is C21H25N3O5. The summed E-state index contributed by atoms with van der Waals surface area (Å²) in [7, 11) is 1.63. The number of anilines is 1. The number of nitrogens with one attached hydrogen (secondary N) is 1. The predicted octanol–water partition coefficient (Wildman–Crippen LogP) is 4.52. The third kappa shape index (κ3) is 6.03. The van der Waals surface area contributed by atoms with Crippen LogP contribution in [0.3, 0.4) is 0 Å². The van der Waals surface area contributed by atoms with Gasteiger partial charge in [-0.3, -0.25) is 14.9 Å². The number of nitro groups is 1. The molecule has 2 aromatic rings. The SMILES string of the molecule is Cc1c(C(=O)Nc2cccc(CN(C)C(=O)OC(C)(C)C)c2)cccc1[N+](=O)[O-]. The van der Waals surface area contributed by atoms with Gasteiger partial charge in [0.05, 0.1) is 4.92 Å². The number of carbonyl (C=O) groups excluding carboxylic acids is 2. The van der Waals surface area contributed by atoms with Crippen molar-refractivity contribution in [1.29, 1.82) is 0 Å². The third-order valence-corrected chi connectivity index (χ3v) is 4.06. The Hall–Kier alpha value is -3.42. The Labute approximate surface area is 169 Å². The van der Waals surface area contributed by atoms with E-state index in [9.17, 15) is 19.7 Å². The van der Waals surface area contributed by atoms with Gasteiger partial charge in [-0.15, -0.1) is 0 Å². The molecule has 0 saturated heterocycles. The topological polar surface area (TPSA) is 102 Å². The molecule has 1 N–H and O–H groups in total. The van der Waals surface area contributed by atoms with Crippen LogP contribution in [0.1, 0.15) is 42.3 Å². The van der Waals surface area contributed by atoms with Crippen molar-refractivity contribution in [1.82, 2.24) is 4.90 Å². The van der Waals surface area contributed by atoms with Crippen molar-refractivity contribution in [2.75, 3.05) is 12.4 Å². The van der Waals surface area contributed by atoms with Crippen molar-refractivity contribution < 1.29 is 19.2 Å². The number of amides is 2. The van der Waals surface area contributed by atoms with Gasteiger partial charge in [0.25, 0.3) is 11.6 Å². The lowest BCUT2D eigenvalue weighted by Crippen LogP contribution is -2.33. The van der Waals surface area contributed by atoms with Gasteiger partial charge in [-0.2, -0.15) is 0 Å². The molecule has 8 heteroatoms. The van der Waals surface area contributed by atoms with Crippen LogP contribution in [-0.4, -0.2) is 34.5 Å². The highest BCUT2D eigenvalue weighted by molar-refractivity contribution is 6.05. The van der Waals surface area contributed by atoms with Gasteiger partial charge in [-0.1, -0.05) is 18.2 Å². The number of rotatable bonds is 5. The highest BCUT2D eigenvalue weighted by atomic mass is 16.6. The van der Waals surface area contributed by atoms with Crippen LogP contribution in [0.5, 0.6) is 0 Å². The molecule has 0 atom stereocenters. The summed E-state index contributed by atoms with van der Waals surface area (Å²) in [4.78, 5) is 36.7. The molecule has 0 bridgehead atoms. The van der Waals surface area contributed by atoms with E-state index in [1.54, 1.807) is 52.9 Å². The Bertz CT molecular complexity index is 934. The number of carbonyl (C=O) groups is 2. The van der Waals surface area contributed by atoms with Crippen molar-refractivity contribution in [3.8, 4) is 0 Å². The number of ether oxygens (including phenoxy) is 1. The van der Waals surface area contributed by atoms with E-state index >= 15 is 0 Å². The van der Waals surface area contributed by atoms with Gasteiger partial charge >= 0.3 is 6.09 Å². The van der Waals surface area contributed by atoms with Crippen LogP contribution in [-0.2, 0) is 11.3 Å². The summed E-state index contributed by atoms with van der Waals surface area (Å²) in [5.74, 6) is -0.441. The normalized spacial score (nSPS) is 10.9. The minimum Gasteiger partial charge on any atom is -0.444 e. The van der Waals surface area contributed by atoms with Gasteiger partial charge in [0.15, 0.2) is 0 Å². The Balaban J connectivity index is 2.12. The number of hydrogen-bond donors (Lipinski definition) is 1. The van der Waals surface area contributed by atoms with Gasteiger partial charge < -0.3 is 15.0 Å². The van der Waals surface area contributed by atoms with E-state index in [0.717, 1.165) is 5.56 Å². The molecule has 0 unspecified atom stereocenters. The second kappa shape index (κ2) is 8.72. The molecule has 0 radical (unpaired) electrons. The summed E-state index contributed by atoms with van der Waals surface area (Å²) in [6.45, 7) is 7.23. The van der Waals surface area contributed by atoms with E-state index in [-0.39, 0.29) is 11.3 Å². The summed E-state index contributed by atoms with van der Waals surface area (Å²) in [6.07, 6.45) is -0.445. The molecule has 29 heavy (non-hydrogen) atoms. The van der Waals surface area contributed by atoms with Gasteiger partial charge in [0.2, 0.25) is 0 Å². The fourth-order valence-corrected chi connectivity index (χ4v) is 2.69. The Kier molecular flexibility index (Phi) is 6.58. The van der Waals surface area contributed by atoms with Crippen LogP contribution in [0.25, 0.3) is 0 Å². The Morgan fingerprint density at radius 3 is 2.45 bits per heavy atom. The van der Waals surface area contributed by atoms with E-state index in [1.165, 1.54) is 23.1 Å². The smallest absolute Gasteiger partial charge is 0.410 e. The quantitative estimate of drug-likeness (QED) is 0.588. The van der Waals surface area contributed by atoms with Crippen LogP contribution >= 0.6 is 0 Å². The highest BCUT2D eigenvalue weighted by Gasteiger charge is 2.20. The lowest BCUT2D eigenvalue weighted by atomic mass is 10.1. The van der Waals surface area contributed by atoms with Crippen LogP contribution in [0, 0.1) is 17.0 Å². The molecule has 2 rings (SSSR count). The molecule has 0 aliphatic carbocycles. The number of nitrogens with zero attached hydrogens (tertiary/aromatic N) is 2. The number of hydrogen-bond acceptors (Lipinski definition) is 5. The minimum absolute atomic E-state index is 0.106. The molecule has 2 aromatic carbocycles. The van der Waals surface area contributed by atoms with Gasteiger partial charge in [-0.05, 0) is 51.5 Å². The predicted molar refractivity (Wildman–Crippen MR) is 110 cm³/mol. The molecule has 0 aliphatic heterocycles. The average Bonchev–Trinajstić information content (AvgIpc) is 2.60. The molecule has 0 aliphatic rings. The van der Waals surface area contributed by atoms with Crippen molar-refractivity contribution in [3.63, 3.8) is 0 Å². The Morgan fingerprint density at radius 1 is 1.17 bits per heavy atom. The van der Waals surface area contributed by atoms with Crippen LogP contribution in [0.2, 0.25) is 0 Å². The highest BCUT2D eigenvalue weighted by Crippen LogP contribution is 2.22. The zero-order chi connectivity index (χ0) is 21.8. The number of benzene rings is 2. The van der Waals surface area contributed by atoms with Crippen LogP contribution in [0.4, 0.5) is 16.2 Å². The standard InChI is InChI=1S/C21H25N3O5/c1-14-17(10-7-11-18(14)24(27)28)19(25)22-16-9-6-8-15(12-16)13-23(5)20(26)29-21(2,3)4/h6-12H,13H2,1-5H3,(H,22,25). The fraction of sp³-hybridized carbons (Fsp3) is 0.333. The summed E-state index contributed by atoms with van der Waals surface area (Å²) in [5, 5.41) is 13.8. The summed E-state index contributed by atoms with van der Waals surface area (Å²) in [5.41, 5.74) is 1.16. The van der Waals surface area contributed by atoms with Crippen LogP contribution in [0.15, 0.2) is 42.5 Å². The van der Waals surface area contributed by atoms with E-state index in [2.05, 4.69) is 5.32 Å². The maximum Gasteiger partial charge on any atom is 0.410 e. The van der Waals surface area contributed by atoms with Gasteiger partial charge in [-0.25, -0.2) is 4.79 Å². The second-order valence-electron chi connectivity index (χ2n) is 7.70. The maximum atomic E-state index is 12.6. The first kappa shape index (κ1) is 21.9.